The van der Waals surface area contributed by atoms with Crippen molar-refractivity contribution in [2.45, 2.75) is 37.1 Å². The molecule has 0 bridgehead atoms. The van der Waals surface area contributed by atoms with Crippen LogP contribution in [0.25, 0.3) is 11.1 Å². The van der Waals surface area contributed by atoms with Gasteiger partial charge in [-0.15, -0.1) is 0 Å². The molecule has 3 aromatic rings. The summed E-state index contributed by atoms with van der Waals surface area (Å²) >= 11 is 0. The van der Waals surface area contributed by atoms with Crippen LogP contribution in [-0.2, 0) is 26.0 Å². The van der Waals surface area contributed by atoms with E-state index in [4.69, 9.17) is 19.8 Å². The molecule has 14 heteroatoms. The number of methoxy groups -OCH3 is 1. The molecule has 1 unspecified atom stereocenters. The lowest BCUT2D eigenvalue weighted by atomic mass is 10.0. The number of aliphatic carboxylic acids is 1. The number of ether oxygens (including phenoxy) is 2. The Kier molecular flexibility index (Phi) is 11.1. The van der Waals surface area contributed by atoms with Gasteiger partial charge in [0.1, 0.15) is 16.4 Å². The molecule has 0 aliphatic heterocycles. The smallest absolute Gasteiger partial charge is 0.305 e. The van der Waals surface area contributed by atoms with Crippen molar-refractivity contribution in [3.63, 3.8) is 0 Å². The van der Waals surface area contributed by atoms with Gasteiger partial charge < -0.3 is 19.9 Å². The van der Waals surface area contributed by atoms with Crippen molar-refractivity contribution < 1.29 is 45.8 Å². The molecule has 3 N–H and O–H groups in total. The van der Waals surface area contributed by atoms with E-state index >= 15 is 0 Å². The van der Waals surface area contributed by atoms with E-state index in [-0.39, 0.29) is 52.5 Å². The van der Waals surface area contributed by atoms with Crippen LogP contribution in [0.2, 0.25) is 0 Å². The Labute approximate surface area is 246 Å². The Morgan fingerprint density at radius 3 is 2.33 bits per heavy atom. The minimum atomic E-state index is -4.13. The SMILES string of the molecule is CCC(CC(=O)O)NC(=O)COc1cc(-c2cc(F)c(F)c(F)c2)ccc1CCNS(=O)(=O)c1cc(C#N)ccc1OC. The second-order valence-electron chi connectivity index (χ2n) is 9.26. The van der Waals surface area contributed by atoms with E-state index in [2.05, 4.69) is 10.0 Å². The number of amides is 1. The van der Waals surface area contributed by atoms with Gasteiger partial charge in [-0.25, -0.2) is 26.3 Å². The number of sulfonamides is 1. The van der Waals surface area contributed by atoms with E-state index in [1.807, 2.05) is 6.07 Å². The summed E-state index contributed by atoms with van der Waals surface area (Å²) in [7, 11) is -2.85. The van der Waals surface area contributed by atoms with E-state index < -0.39 is 52.0 Å². The van der Waals surface area contributed by atoms with Crippen LogP contribution in [0.15, 0.2) is 53.4 Å². The summed E-state index contributed by atoms with van der Waals surface area (Å²) in [4.78, 5) is 23.2. The fourth-order valence-corrected chi connectivity index (χ4v) is 5.30. The van der Waals surface area contributed by atoms with Gasteiger partial charge >= 0.3 is 5.97 Å². The lowest BCUT2D eigenvalue weighted by molar-refractivity contribution is -0.137. The normalized spacial score (nSPS) is 11.8. The molecule has 0 radical (unpaired) electrons. The first kappa shape index (κ1) is 32.9. The molecule has 228 valence electrons. The molecule has 0 saturated carbocycles. The first-order valence-electron chi connectivity index (χ1n) is 12.9. The lowest BCUT2D eigenvalue weighted by Crippen LogP contribution is -2.38. The van der Waals surface area contributed by atoms with Crippen LogP contribution < -0.4 is 19.5 Å². The molecule has 10 nitrogen and oxygen atoms in total. The van der Waals surface area contributed by atoms with E-state index in [0.717, 1.165) is 18.2 Å². The number of carboxylic acids is 1. The summed E-state index contributed by atoms with van der Waals surface area (Å²) in [6, 6.07) is 11.0. The van der Waals surface area contributed by atoms with Crippen molar-refractivity contribution in [1.82, 2.24) is 10.0 Å². The zero-order valence-corrected chi connectivity index (χ0v) is 23.9. The Hall–Kier alpha value is -4.61. The van der Waals surface area contributed by atoms with E-state index in [0.29, 0.717) is 12.0 Å². The molecule has 0 aliphatic rings. The number of carboxylic acid groups (broad SMARTS) is 1. The number of halogens is 3. The van der Waals surface area contributed by atoms with Gasteiger partial charge in [-0.1, -0.05) is 19.1 Å². The van der Waals surface area contributed by atoms with Crippen LogP contribution in [0.3, 0.4) is 0 Å². The number of nitriles is 1. The molecular weight excluding hydrogens is 591 g/mol. The minimum Gasteiger partial charge on any atom is -0.495 e. The van der Waals surface area contributed by atoms with E-state index in [1.54, 1.807) is 6.92 Å². The second-order valence-corrected chi connectivity index (χ2v) is 11.0. The van der Waals surface area contributed by atoms with Gasteiger partial charge in [0.25, 0.3) is 5.91 Å². The number of nitrogens with one attached hydrogen (secondary N) is 2. The summed E-state index contributed by atoms with van der Waals surface area (Å²) in [6.45, 7) is 0.980. The van der Waals surface area contributed by atoms with Crippen molar-refractivity contribution in [2.75, 3.05) is 20.3 Å². The van der Waals surface area contributed by atoms with Crippen molar-refractivity contribution >= 4 is 21.9 Å². The number of benzene rings is 3. The third kappa shape index (κ3) is 8.69. The zero-order valence-electron chi connectivity index (χ0n) is 23.1. The third-order valence-electron chi connectivity index (χ3n) is 6.29. The van der Waals surface area contributed by atoms with Crippen LogP contribution in [0.1, 0.15) is 30.9 Å². The average molecular weight is 620 g/mol. The lowest BCUT2D eigenvalue weighted by Gasteiger charge is -2.17. The second kappa shape index (κ2) is 14.5. The van der Waals surface area contributed by atoms with Crippen molar-refractivity contribution in [3.8, 4) is 28.7 Å². The highest BCUT2D eigenvalue weighted by atomic mass is 32.2. The third-order valence-corrected chi connectivity index (χ3v) is 7.77. The first-order chi connectivity index (χ1) is 20.4. The fourth-order valence-electron chi connectivity index (χ4n) is 4.07. The van der Waals surface area contributed by atoms with Gasteiger partial charge in [-0.3, -0.25) is 9.59 Å². The van der Waals surface area contributed by atoms with Gasteiger partial charge in [-0.05, 0) is 65.9 Å². The molecule has 0 saturated heterocycles. The Balaban J connectivity index is 1.85. The zero-order chi connectivity index (χ0) is 31.7. The van der Waals surface area contributed by atoms with Gasteiger partial charge in [0.15, 0.2) is 24.1 Å². The molecular formula is C29H28F3N3O7S. The number of carbonyl (C=O) groups is 2. The molecule has 0 aliphatic carbocycles. The van der Waals surface area contributed by atoms with Crippen LogP contribution in [-0.4, -0.2) is 51.7 Å². The molecule has 0 spiro atoms. The Morgan fingerprint density at radius 1 is 1.02 bits per heavy atom. The van der Waals surface area contributed by atoms with Crippen molar-refractivity contribution in [3.05, 3.63) is 77.1 Å². The molecule has 0 aromatic heterocycles. The molecule has 0 heterocycles. The molecule has 3 rings (SSSR count). The summed E-state index contributed by atoms with van der Waals surface area (Å²) in [5.41, 5.74) is 0.702. The number of hydrogen-bond donors (Lipinski definition) is 3. The average Bonchev–Trinajstić information content (AvgIpc) is 2.97. The number of hydrogen-bond acceptors (Lipinski definition) is 7. The predicted octanol–water partition coefficient (Wildman–Crippen LogP) is 3.92. The topological polar surface area (TPSA) is 155 Å². The molecule has 1 atom stereocenters. The van der Waals surface area contributed by atoms with Crippen LogP contribution in [0.4, 0.5) is 13.2 Å². The number of nitrogens with zero attached hydrogens (tertiary/aromatic N) is 1. The fraction of sp³-hybridized carbons (Fsp3) is 0.276. The summed E-state index contributed by atoms with van der Waals surface area (Å²) < 4.78 is 80.4. The summed E-state index contributed by atoms with van der Waals surface area (Å²) in [5.74, 6) is -6.09. The van der Waals surface area contributed by atoms with Gasteiger partial charge in [0, 0.05) is 12.6 Å². The molecule has 1 amide bonds. The van der Waals surface area contributed by atoms with Crippen LogP contribution in [0.5, 0.6) is 11.5 Å². The highest BCUT2D eigenvalue weighted by Gasteiger charge is 2.21. The maximum absolute atomic E-state index is 13.9. The van der Waals surface area contributed by atoms with Gasteiger partial charge in [-0.2, -0.15) is 5.26 Å². The Bertz CT molecular complexity index is 1640. The van der Waals surface area contributed by atoms with E-state index in [9.17, 15) is 31.2 Å². The molecule has 0 fully saturated rings. The summed E-state index contributed by atoms with van der Waals surface area (Å²) in [6.07, 6.45) is 0.0784. The first-order valence-corrected chi connectivity index (χ1v) is 14.4. The summed E-state index contributed by atoms with van der Waals surface area (Å²) in [5, 5.41) is 20.7. The predicted molar refractivity (Wildman–Crippen MR) is 148 cm³/mol. The maximum Gasteiger partial charge on any atom is 0.305 e. The van der Waals surface area contributed by atoms with Crippen molar-refractivity contribution in [2.24, 2.45) is 0 Å². The highest BCUT2D eigenvalue weighted by molar-refractivity contribution is 7.89. The molecule has 3 aromatic carbocycles. The van der Waals surface area contributed by atoms with Gasteiger partial charge in [0.2, 0.25) is 10.0 Å². The molecule has 43 heavy (non-hydrogen) atoms. The highest BCUT2D eigenvalue weighted by Crippen LogP contribution is 2.30. The standard InChI is InChI=1S/C29H28F3N3O7S/c1-3-21(14-28(37)38)35-27(36)16-42-25-13-19(20-11-22(30)29(32)23(31)12-20)6-5-18(25)8-9-34-43(39,40)26-10-17(15-33)4-7-24(26)41-2/h4-7,10-13,21,34H,3,8-9,14,16H2,1-2H3,(H,35,36)(H,37,38). The van der Waals surface area contributed by atoms with Crippen molar-refractivity contribution in [1.29, 1.82) is 5.26 Å². The maximum atomic E-state index is 13.9. The minimum absolute atomic E-state index is 0.0186. The Morgan fingerprint density at radius 2 is 1.72 bits per heavy atom. The van der Waals surface area contributed by atoms with Crippen LogP contribution in [0, 0.1) is 28.8 Å². The monoisotopic (exact) mass is 619 g/mol. The quantitative estimate of drug-likeness (QED) is 0.230. The van der Waals surface area contributed by atoms with E-state index in [1.165, 1.54) is 37.4 Å². The largest absolute Gasteiger partial charge is 0.495 e. The van der Waals surface area contributed by atoms with Gasteiger partial charge in [0.05, 0.1) is 25.2 Å². The van der Waals surface area contributed by atoms with Crippen LogP contribution >= 0.6 is 0 Å². The number of carbonyl (C=O) groups excluding carboxylic acids is 1. The number of rotatable bonds is 14.